The van der Waals surface area contributed by atoms with Gasteiger partial charge in [0.05, 0.1) is 18.7 Å². The van der Waals surface area contributed by atoms with E-state index < -0.39 is 60.1 Å². The number of fused-ring (bicyclic) bond motifs is 1. The van der Waals surface area contributed by atoms with Crippen LogP contribution in [-0.2, 0) is 36.6 Å². The first-order valence-electron chi connectivity index (χ1n) is 14.5. The van der Waals surface area contributed by atoms with Gasteiger partial charge in [0.1, 0.15) is 36.6 Å². The topological polar surface area (TPSA) is 320 Å². The first-order chi connectivity index (χ1) is 21.4. The minimum Gasteiger partial charge on any atom is -0.387 e. The Morgan fingerprint density at radius 3 is 2.07 bits per heavy atom. The van der Waals surface area contributed by atoms with E-state index in [1.165, 1.54) is 0 Å². The fourth-order valence-electron chi connectivity index (χ4n) is 5.39. The standard InChI is InChI=1S/C22H42N3O17P3S/c26-14(8-4-3-7-13-15-12(11-46-13)24-22(30)25-15)23-9-5-1-2-6-10-39-45(37,38)42-19-16(27)17(28)20(40-43(31,32)33)21(18(19)29)41-44(34,35)36/h12-13,15-21,27-29H,1-11H2,(H,23,26)(H,37,38)(H2,24,25,30)(H2,31,32,33)(H2,34,35,36)/t12-,13-,15-,16-,17+,18+,19-,20-,21-/m0/s1. The number of urea groups is 1. The van der Waals surface area contributed by atoms with Crippen LogP contribution in [-0.4, -0.2) is 125 Å². The smallest absolute Gasteiger partial charge is 0.387 e. The zero-order valence-corrected chi connectivity index (χ0v) is 28.0. The number of aliphatic hydroxyl groups is 3. The lowest BCUT2D eigenvalue weighted by molar-refractivity contribution is -0.212. The van der Waals surface area contributed by atoms with Crippen molar-refractivity contribution in [2.45, 2.75) is 105 Å². The maximum atomic E-state index is 12.4. The predicted octanol–water partition coefficient (Wildman–Crippen LogP) is -1.06. The van der Waals surface area contributed by atoms with Crippen LogP contribution in [0.15, 0.2) is 0 Å². The summed E-state index contributed by atoms with van der Waals surface area (Å²) in [5.74, 6) is 0.815. The van der Waals surface area contributed by atoms with Crippen LogP contribution in [0.4, 0.5) is 4.79 Å². The summed E-state index contributed by atoms with van der Waals surface area (Å²) in [6.07, 6.45) is -9.28. The number of hydrogen-bond donors (Lipinski definition) is 11. The highest BCUT2D eigenvalue weighted by atomic mass is 32.2. The van der Waals surface area contributed by atoms with Crippen LogP contribution in [0, 0.1) is 0 Å². The van der Waals surface area contributed by atoms with E-state index in [4.69, 9.17) is 28.6 Å². The van der Waals surface area contributed by atoms with E-state index in [9.17, 15) is 43.5 Å². The summed E-state index contributed by atoms with van der Waals surface area (Å²) < 4.78 is 53.1. The number of thioether (sulfide) groups is 1. The van der Waals surface area contributed by atoms with Crippen molar-refractivity contribution in [3.8, 4) is 0 Å². The molecule has 2 aliphatic heterocycles. The molecule has 2 heterocycles. The molecule has 24 heteroatoms. The lowest BCUT2D eigenvalue weighted by Crippen LogP contribution is -2.65. The summed E-state index contributed by atoms with van der Waals surface area (Å²) in [6.45, 7) is 0.111. The van der Waals surface area contributed by atoms with Crippen LogP contribution in [0.1, 0.15) is 51.4 Å². The van der Waals surface area contributed by atoms with Crippen molar-refractivity contribution in [1.82, 2.24) is 16.0 Å². The van der Waals surface area contributed by atoms with Gasteiger partial charge in [-0.25, -0.2) is 18.5 Å². The Hall–Kier alpha value is -0.700. The van der Waals surface area contributed by atoms with E-state index in [1.54, 1.807) is 0 Å². The van der Waals surface area contributed by atoms with Gasteiger partial charge in [-0.3, -0.25) is 22.9 Å². The summed E-state index contributed by atoms with van der Waals surface area (Å²) in [4.78, 5) is 69.9. The molecule has 0 aromatic rings. The quantitative estimate of drug-likeness (QED) is 0.0426. The Balaban J connectivity index is 1.30. The van der Waals surface area contributed by atoms with Crippen molar-refractivity contribution in [2.75, 3.05) is 18.9 Å². The third kappa shape index (κ3) is 12.6. The summed E-state index contributed by atoms with van der Waals surface area (Å²) >= 11 is 1.83. The second-order valence-electron chi connectivity index (χ2n) is 11.1. The maximum Gasteiger partial charge on any atom is 0.472 e. The third-order valence-electron chi connectivity index (χ3n) is 7.52. The molecule has 20 nitrogen and oxygen atoms in total. The highest BCUT2D eigenvalue weighted by molar-refractivity contribution is 8.00. The van der Waals surface area contributed by atoms with Crippen molar-refractivity contribution in [1.29, 1.82) is 0 Å². The fourth-order valence-corrected chi connectivity index (χ4v) is 9.03. The van der Waals surface area contributed by atoms with E-state index in [-0.39, 0.29) is 37.0 Å². The number of carbonyl (C=O) groups is 2. The van der Waals surface area contributed by atoms with E-state index in [0.29, 0.717) is 37.5 Å². The Morgan fingerprint density at radius 2 is 1.41 bits per heavy atom. The van der Waals surface area contributed by atoms with Gasteiger partial charge in [-0.15, -0.1) is 0 Å². The lowest BCUT2D eigenvalue weighted by Gasteiger charge is -2.44. The molecule has 0 radical (unpaired) electrons. The van der Waals surface area contributed by atoms with E-state index in [1.807, 2.05) is 11.8 Å². The second kappa shape index (κ2) is 17.3. The van der Waals surface area contributed by atoms with E-state index in [0.717, 1.165) is 25.0 Å². The van der Waals surface area contributed by atoms with Crippen molar-refractivity contribution >= 4 is 47.2 Å². The largest absolute Gasteiger partial charge is 0.472 e. The Bertz CT molecular complexity index is 1180. The molecule has 3 aliphatic rings. The molecule has 1 aliphatic carbocycles. The monoisotopic (exact) mass is 745 g/mol. The number of aliphatic hydroxyl groups excluding tert-OH is 3. The summed E-state index contributed by atoms with van der Waals surface area (Å²) in [6, 6.07) is 0.180. The number of nitrogens with one attached hydrogen (secondary N) is 3. The van der Waals surface area contributed by atoms with Crippen LogP contribution in [0.5, 0.6) is 0 Å². The van der Waals surface area contributed by atoms with Crippen LogP contribution >= 0.6 is 35.2 Å². The molecule has 11 N–H and O–H groups in total. The summed E-state index contributed by atoms with van der Waals surface area (Å²) in [5, 5.41) is 40.0. The van der Waals surface area contributed by atoms with Gasteiger partial charge in [-0.05, 0) is 25.7 Å². The van der Waals surface area contributed by atoms with Crippen molar-refractivity contribution in [3.63, 3.8) is 0 Å². The molecule has 0 aromatic heterocycles. The number of unbranched alkanes of at least 4 members (excludes halogenated alkanes) is 4. The molecule has 10 atom stereocenters. The molecule has 3 amide bonds. The molecule has 2 saturated heterocycles. The normalized spacial score (nSPS) is 32.8. The molecule has 0 aromatic carbocycles. The van der Waals surface area contributed by atoms with Gasteiger partial charge in [0, 0.05) is 24.0 Å². The Kier molecular flexibility index (Phi) is 14.9. The molecule has 3 rings (SSSR count). The lowest BCUT2D eigenvalue weighted by atomic mass is 9.85. The number of phosphoric acid groups is 3. The van der Waals surface area contributed by atoms with Crippen molar-refractivity contribution < 1.29 is 81.2 Å². The van der Waals surface area contributed by atoms with Gasteiger partial charge in [0.15, 0.2) is 0 Å². The summed E-state index contributed by atoms with van der Waals surface area (Å²) in [7, 11) is -16.0. The number of phosphoric ester groups is 3. The molecular formula is C22H42N3O17P3S. The highest BCUT2D eigenvalue weighted by Gasteiger charge is 2.56. The van der Waals surface area contributed by atoms with Crippen LogP contribution in [0.25, 0.3) is 0 Å². The second-order valence-corrected chi connectivity index (χ2v) is 16.2. The molecule has 1 saturated carbocycles. The summed E-state index contributed by atoms with van der Waals surface area (Å²) in [5.41, 5.74) is 0. The Labute approximate surface area is 268 Å². The van der Waals surface area contributed by atoms with Crippen LogP contribution in [0.3, 0.4) is 0 Å². The minimum absolute atomic E-state index is 0.0697. The molecule has 46 heavy (non-hydrogen) atoms. The number of rotatable bonds is 19. The van der Waals surface area contributed by atoms with Crippen LogP contribution in [0.2, 0.25) is 0 Å². The predicted molar refractivity (Wildman–Crippen MR) is 158 cm³/mol. The first-order valence-corrected chi connectivity index (χ1v) is 20.1. The van der Waals surface area contributed by atoms with Gasteiger partial charge in [-0.2, -0.15) is 11.8 Å². The van der Waals surface area contributed by atoms with Gasteiger partial charge in [-0.1, -0.05) is 19.3 Å². The number of hydrogen-bond acceptors (Lipinski definition) is 13. The minimum atomic E-state index is -5.49. The van der Waals surface area contributed by atoms with Gasteiger partial charge < -0.3 is 55.7 Å². The maximum absolute atomic E-state index is 12.4. The van der Waals surface area contributed by atoms with E-state index >= 15 is 0 Å². The first kappa shape index (κ1) is 39.7. The number of carbonyl (C=O) groups excluding carboxylic acids is 2. The third-order valence-corrected chi connectivity index (χ3v) is 11.1. The highest BCUT2D eigenvalue weighted by Crippen LogP contribution is 2.51. The van der Waals surface area contributed by atoms with E-state index in [2.05, 4.69) is 25.0 Å². The van der Waals surface area contributed by atoms with Crippen molar-refractivity contribution in [2.24, 2.45) is 0 Å². The molecule has 0 spiro atoms. The van der Waals surface area contributed by atoms with Gasteiger partial charge >= 0.3 is 29.5 Å². The van der Waals surface area contributed by atoms with Gasteiger partial charge in [0.25, 0.3) is 0 Å². The van der Waals surface area contributed by atoms with Crippen LogP contribution < -0.4 is 16.0 Å². The molecule has 3 fully saturated rings. The zero-order chi connectivity index (χ0) is 34.3. The average Bonchev–Trinajstić information content (AvgIpc) is 3.49. The fraction of sp³-hybridized carbons (Fsp3) is 0.909. The van der Waals surface area contributed by atoms with Crippen molar-refractivity contribution in [3.05, 3.63) is 0 Å². The molecule has 0 bridgehead atoms. The SMILES string of the molecule is O=C(CCCC[C@@H]1SC[C@@H]2NC(=O)N[C@@H]21)NCCCCCCOP(=O)(O)O[C@@H]1[C@@H](O)[C@H](OP(=O)(O)O)[C@@H](OP(=O)(O)O)[C@H](O)[C@@H]1O. The number of amides is 3. The molecule has 268 valence electrons. The molecular weight excluding hydrogens is 703 g/mol. The molecule has 1 unspecified atom stereocenters. The zero-order valence-electron chi connectivity index (χ0n) is 24.5. The Morgan fingerprint density at radius 1 is 0.804 bits per heavy atom. The van der Waals surface area contributed by atoms with Gasteiger partial charge in [0.2, 0.25) is 5.91 Å². The average molecular weight is 746 g/mol.